The number of hydrogen-bond donors (Lipinski definition) is 1. The fourth-order valence-electron chi connectivity index (χ4n) is 1.59. The van der Waals surface area contributed by atoms with Crippen molar-refractivity contribution in [1.82, 2.24) is 5.43 Å². The molecule has 0 aromatic carbocycles. The Hall–Kier alpha value is -1.06. The van der Waals surface area contributed by atoms with E-state index in [9.17, 15) is 4.79 Å². The monoisotopic (exact) mass is 212 g/mol. The number of amides is 1. The van der Waals surface area contributed by atoms with Crippen LogP contribution in [0.25, 0.3) is 0 Å². The second-order valence-corrected chi connectivity index (χ2v) is 5.01. The summed E-state index contributed by atoms with van der Waals surface area (Å²) in [6.07, 6.45) is 2.83. The summed E-state index contributed by atoms with van der Waals surface area (Å²) in [4.78, 5) is 11.3. The molecule has 1 amide bonds. The molecule has 1 saturated carbocycles. The lowest BCUT2D eigenvalue weighted by molar-refractivity contribution is 0.0529. The molecule has 1 atom stereocenters. The Balaban J connectivity index is 2.39. The normalized spacial score (nSPS) is 24.3. The fraction of sp³-hybridized carbons (Fsp3) is 0.818. The molecule has 1 aliphatic carbocycles. The van der Waals surface area contributed by atoms with Gasteiger partial charge in [-0.3, -0.25) is 0 Å². The van der Waals surface area contributed by atoms with Crippen molar-refractivity contribution in [2.24, 2.45) is 11.0 Å². The summed E-state index contributed by atoms with van der Waals surface area (Å²) in [6.45, 7) is 7.62. The van der Waals surface area contributed by atoms with Gasteiger partial charge >= 0.3 is 6.09 Å². The van der Waals surface area contributed by atoms with Gasteiger partial charge in [-0.15, -0.1) is 0 Å². The van der Waals surface area contributed by atoms with Crippen LogP contribution in [0.4, 0.5) is 4.79 Å². The van der Waals surface area contributed by atoms with E-state index in [-0.39, 0.29) is 0 Å². The molecule has 1 aliphatic rings. The van der Waals surface area contributed by atoms with Crippen LogP contribution in [-0.4, -0.2) is 17.4 Å². The van der Waals surface area contributed by atoms with Crippen molar-refractivity contribution in [2.75, 3.05) is 0 Å². The maximum atomic E-state index is 11.3. The number of nitrogens with one attached hydrogen (secondary N) is 1. The number of nitrogens with zero attached hydrogens (tertiary/aromatic N) is 1. The van der Waals surface area contributed by atoms with Crippen LogP contribution in [0.2, 0.25) is 0 Å². The third kappa shape index (κ3) is 4.32. The summed E-state index contributed by atoms with van der Waals surface area (Å²) in [6, 6.07) is 0. The van der Waals surface area contributed by atoms with E-state index < -0.39 is 11.7 Å². The Morgan fingerprint density at radius 1 is 1.53 bits per heavy atom. The summed E-state index contributed by atoms with van der Waals surface area (Å²) >= 11 is 0. The lowest BCUT2D eigenvalue weighted by atomic mass is 10.1. The molecular formula is C11H20N2O2. The van der Waals surface area contributed by atoms with Crippen molar-refractivity contribution in [3.8, 4) is 0 Å². The zero-order valence-electron chi connectivity index (χ0n) is 9.96. The zero-order chi connectivity index (χ0) is 11.5. The number of carbonyl (C=O) groups is 1. The van der Waals surface area contributed by atoms with Gasteiger partial charge in [-0.1, -0.05) is 6.92 Å². The Kier molecular flexibility index (Phi) is 3.72. The summed E-state index contributed by atoms with van der Waals surface area (Å²) in [5.74, 6) is 0.486. The summed E-state index contributed by atoms with van der Waals surface area (Å²) in [5, 5.41) is 4.08. The molecule has 0 heterocycles. The minimum Gasteiger partial charge on any atom is -0.443 e. The maximum Gasteiger partial charge on any atom is 0.428 e. The van der Waals surface area contributed by atoms with Crippen LogP contribution in [-0.2, 0) is 4.74 Å². The van der Waals surface area contributed by atoms with Gasteiger partial charge in [0.05, 0.1) is 0 Å². The second-order valence-electron chi connectivity index (χ2n) is 5.01. The lowest BCUT2D eigenvalue weighted by Crippen LogP contribution is -2.30. The van der Waals surface area contributed by atoms with Crippen LogP contribution in [0.15, 0.2) is 5.10 Å². The highest BCUT2D eigenvalue weighted by Crippen LogP contribution is 2.21. The standard InChI is InChI=1S/C11H20N2O2/c1-8-6-5-7-9(8)12-13-10(14)15-11(2,3)4/h8H,5-7H2,1-4H3,(H,13,14)/b12-9+. The highest BCUT2D eigenvalue weighted by Gasteiger charge is 2.19. The fourth-order valence-corrected chi connectivity index (χ4v) is 1.59. The highest BCUT2D eigenvalue weighted by atomic mass is 16.6. The van der Waals surface area contributed by atoms with Crippen LogP contribution in [0.5, 0.6) is 0 Å². The lowest BCUT2D eigenvalue weighted by Gasteiger charge is -2.18. The minimum atomic E-state index is -0.478. The highest BCUT2D eigenvalue weighted by molar-refractivity contribution is 5.88. The third-order valence-electron chi connectivity index (χ3n) is 2.33. The smallest absolute Gasteiger partial charge is 0.428 e. The molecule has 0 radical (unpaired) electrons. The first kappa shape index (κ1) is 12.0. The Morgan fingerprint density at radius 2 is 2.20 bits per heavy atom. The predicted octanol–water partition coefficient (Wildman–Crippen LogP) is 2.69. The first-order valence-corrected chi connectivity index (χ1v) is 5.44. The molecule has 1 rings (SSSR count). The van der Waals surface area contributed by atoms with Crippen molar-refractivity contribution in [3.63, 3.8) is 0 Å². The SMILES string of the molecule is CC1CCC/C1=N\NC(=O)OC(C)(C)C. The molecule has 1 fully saturated rings. The van der Waals surface area contributed by atoms with Gasteiger partial charge in [0.2, 0.25) is 0 Å². The van der Waals surface area contributed by atoms with Gasteiger partial charge in [0, 0.05) is 5.71 Å². The molecular weight excluding hydrogens is 192 g/mol. The predicted molar refractivity (Wildman–Crippen MR) is 59.8 cm³/mol. The average molecular weight is 212 g/mol. The summed E-state index contributed by atoms with van der Waals surface area (Å²) in [7, 11) is 0. The largest absolute Gasteiger partial charge is 0.443 e. The van der Waals surface area contributed by atoms with Gasteiger partial charge in [-0.25, -0.2) is 10.2 Å². The van der Waals surface area contributed by atoms with Gasteiger partial charge in [0.1, 0.15) is 5.60 Å². The van der Waals surface area contributed by atoms with Crippen molar-refractivity contribution in [2.45, 2.75) is 52.6 Å². The zero-order valence-corrected chi connectivity index (χ0v) is 9.96. The van der Waals surface area contributed by atoms with E-state index in [1.54, 1.807) is 0 Å². The van der Waals surface area contributed by atoms with Gasteiger partial charge < -0.3 is 4.74 Å². The number of hydrogen-bond acceptors (Lipinski definition) is 3. The Morgan fingerprint density at radius 3 is 2.67 bits per heavy atom. The number of ether oxygens (including phenoxy) is 1. The molecule has 4 heteroatoms. The quantitative estimate of drug-likeness (QED) is 0.679. The van der Waals surface area contributed by atoms with Crippen LogP contribution in [0.3, 0.4) is 0 Å². The van der Waals surface area contributed by atoms with Gasteiger partial charge in [0.25, 0.3) is 0 Å². The summed E-state index contributed by atoms with van der Waals surface area (Å²) in [5.41, 5.74) is 3.04. The molecule has 0 aromatic rings. The van der Waals surface area contributed by atoms with E-state index in [0.29, 0.717) is 5.92 Å². The van der Waals surface area contributed by atoms with Crippen molar-refractivity contribution in [1.29, 1.82) is 0 Å². The molecule has 4 nitrogen and oxygen atoms in total. The maximum absolute atomic E-state index is 11.3. The molecule has 1 unspecified atom stereocenters. The van der Waals surface area contributed by atoms with Gasteiger partial charge in [-0.05, 0) is 46.0 Å². The second kappa shape index (κ2) is 4.64. The molecule has 0 bridgehead atoms. The first-order valence-electron chi connectivity index (χ1n) is 5.44. The van der Waals surface area contributed by atoms with E-state index in [1.165, 1.54) is 0 Å². The van der Waals surface area contributed by atoms with Gasteiger partial charge in [0.15, 0.2) is 0 Å². The number of hydrazone groups is 1. The number of carbonyl (C=O) groups excluding carboxylic acids is 1. The van der Waals surface area contributed by atoms with E-state index in [2.05, 4.69) is 17.5 Å². The van der Waals surface area contributed by atoms with E-state index in [4.69, 9.17) is 4.74 Å². The van der Waals surface area contributed by atoms with Gasteiger partial charge in [-0.2, -0.15) is 5.10 Å². The molecule has 0 aromatic heterocycles. The van der Waals surface area contributed by atoms with Crippen LogP contribution < -0.4 is 5.43 Å². The van der Waals surface area contributed by atoms with Crippen LogP contribution in [0, 0.1) is 5.92 Å². The Bertz CT molecular complexity index is 266. The molecule has 15 heavy (non-hydrogen) atoms. The van der Waals surface area contributed by atoms with Crippen LogP contribution >= 0.6 is 0 Å². The third-order valence-corrected chi connectivity index (χ3v) is 2.33. The number of rotatable bonds is 1. The van der Waals surface area contributed by atoms with Crippen molar-refractivity contribution in [3.05, 3.63) is 0 Å². The van der Waals surface area contributed by atoms with E-state index >= 15 is 0 Å². The molecule has 0 spiro atoms. The topological polar surface area (TPSA) is 50.7 Å². The van der Waals surface area contributed by atoms with Crippen molar-refractivity contribution >= 4 is 11.8 Å². The molecule has 0 saturated heterocycles. The minimum absolute atomic E-state index is 0.467. The van der Waals surface area contributed by atoms with E-state index in [0.717, 1.165) is 25.0 Å². The molecule has 1 N–H and O–H groups in total. The van der Waals surface area contributed by atoms with E-state index in [1.807, 2.05) is 20.8 Å². The molecule has 86 valence electrons. The summed E-state index contributed by atoms with van der Waals surface area (Å²) < 4.78 is 5.08. The molecule has 0 aliphatic heterocycles. The average Bonchev–Trinajstić information content (AvgIpc) is 2.44. The van der Waals surface area contributed by atoms with Crippen molar-refractivity contribution < 1.29 is 9.53 Å². The van der Waals surface area contributed by atoms with Crippen LogP contribution in [0.1, 0.15) is 47.0 Å². The first-order chi connectivity index (χ1) is 6.88. The Labute approximate surface area is 91.1 Å².